The van der Waals surface area contributed by atoms with E-state index in [1.54, 1.807) is 24.1 Å². The first-order valence-electron chi connectivity index (χ1n) is 7.01. The standard InChI is InChI=1S/C14H20N4O3/c1-4-5-18(11-7-12(19)17(3)14(11)21)13(20)6-10-8-15-16(2)9-10/h8-9,11H,4-7H2,1-3H3. The normalized spacial score (nSPS) is 18.4. The zero-order chi connectivity index (χ0) is 15.6. The average Bonchev–Trinajstić information content (AvgIpc) is 2.95. The molecule has 0 aromatic carbocycles. The highest BCUT2D eigenvalue weighted by Gasteiger charge is 2.41. The van der Waals surface area contributed by atoms with Gasteiger partial charge in [0.2, 0.25) is 11.8 Å². The van der Waals surface area contributed by atoms with Crippen LogP contribution in [0.5, 0.6) is 0 Å². The number of rotatable bonds is 5. The fraction of sp³-hybridized carbons (Fsp3) is 0.571. The molecule has 0 N–H and O–H groups in total. The molecule has 3 amide bonds. The van der Waals surface area contributed by atoms with Crippen LogP contribution in [0.2, 0.25) is 0 Å². The van der Waals surface area contributed by atoms with Crippen molar-refractivity contribution in [1.82, 2.24) is 19.6 Å². The molecule has 1 aliphatic heterocycles. The lowest BCUT2D eigenvalue weighted by Gasteiger charge is -2.26. The number of nitrogens with zero attached hydrogens (tertiary/aromatic N) is 4. The number of amides is 3. The van der Waals surface area contributed by atoms with Gasteiger partial charge in [-0.25, -0.2) is 0 Å². The maximum atomic E-state index is 12.5. The van der Waals surface area contributed by atoms with Crippen LogP contribution in [0.4, 0.5) is 0 Å². The molecule has 0 aliphatic carbocycles. The highest BCUT2D eigenvalue weighted by molar-refractivity contribution is 6.06. The number of likely N-dealkylation sites (N-methyl/N-ethyl adjacent to an activating group) is 1. The molecule has 0 bridgehead atoms. The summed E-state index contributed by atoms with van der Waals surface area (Å²) in [5, 5.41) is 4.03. The number of aryl methyl sites for hydroxylation is 1. The third kappa shape index (κ3) is 3.12. The average molecular weight is 292 g/mol. The number of carbonyl (C=O) groups is 3. The second-order valence-electron chi connectivity index (χ2n) is 5.30. The Hall–Kier alpha value is -2.18. The molecule has 21 heavy (non-hydrogen) atoms. The van der Waals surface area contributed by atoms with Gasteiger partial charge in [-0.2, -0.15) is 5.10 Å². The predicted molar refractivity (Wildman–Crippen MR) is 75.1 cm³/mol. The maximum absolute atomic E-state index is 12.5. The van der Waals surface area contributed by atoms with E-state index in [4.69, 9.17) is 0 Å². The molecule has 0 saturated carbocycles. The van der Waals surface area contributed by atoms with Gasteiger partial charge in [-0.05, 0) is 12.0 Å². The highest BCUT2D eigenvalue weighted by Crippen LogP contribution is 2.19. The Kier molecular flexibility index (Phi) is 4.40. The molecule has 1 fully saturated rings. The van der Waals surface area contributed by atoms with Crippen molar-refractivity contribution in [1.29, 1.82) is 0 Å². The molecule has 7 nitrogen and oxygen atoms in total. The van der Waals surface area contributed by atoms with E-state index in [9.17, 15) is 14.4 Å². The quantitative estimate of drug-likeness (QED) is 0.714. The van der Waals surface area contributed by atoms with Crippen molar-refractivity contribution in [2.75, 3.05) is 13.6 Å². The van der Waals surface area contributed by atoms with Crippen LogP contribution in [0.25, 0.3) is 0 Å². The van der Waals surface area contributed by atoms with Crippen LogP contribution < -0.4 is 0 Å². The molecule has 1 atom stereocenters. The minimum Gasteiger partial charge on any atom is -0.330 e. The Labute approximate surface area is 123 Å². The Balaban J connectivity index is 2.13. The second kappa shape index (κ2) is 6.07. The monoisotopic (exact) mass is 292 g/mol. The van der Waals surface area contributed by atoms with E-state index in [0.29, 0.717) is 6.54 Å². The number of hydrogen-bond donors (Lipinski definition) is 0. The summed E-state index contributed by atoms with van der Waals surface area (Å²) in [6, 6.07) is -0.661. The Bertz CT molecular complexity index is 566. The Morgan fingerprint density at radius 2 is 2.14 bits per heavy atom. The lowest BCUT2D eigenvalue weighted by atomic mass is 10.1. The molecule has 1 saturated heterocycles. The van der Waals surface area contributed by atoms with Gasteiger partial charge in [0.25, 0.3) is 5.91 Å². The topological polar surface area (TPSA) is 75.5 Å². The van der Waals surface area contributed by atoms with Crippen LogP contribution in [0.15, 0.2) is 12.4 Å². The molecule has 0 spiro atoms. The van der Waals surface area contributed by atoms with Gasteiger partial charge in [0.05, 0.1) is 19.0 Å². The van der Waals surface area contributed by atoms with Crippen molar-refractivity contribution >= 4 is 17.7 Å². The lowest BCUT2D eigenvalue weighted by molar-refractivity contribution is -0.143. The van der Waals surface area contributed by atoms with Crippen LogP contribution in [-0.2, 0) is 27.9 Å². The first-order chi connectivity index (χ1) is 9.93. The molecule has 114 valence electrons. The van der Waals surface area contributed by atoms with E-state index in [2.05, 4.69) is 5.10 Å². The third-order valence-corrected chi connectivity index (χ3v) is 3.63. The van der Waals surface area contributed by atoms with Gasteiger partial charge in [0.1, 0.15) is 6.04 Å². The van der Waals surface area contributed by atoms with Gasteiger partial charge in [-0.3, -0.25) is 24.0 Å². The molecule has 2 heterocycles. The first kappa shape index (κ1) is 15.2. The summed E-state index contributed by atoms with van der Waals surface area (Å²) in [6.07, 6.45) is 4.41. The lowest BCUT2D eigenvalue weighted by Crippen LogP contribution is -2.45. The number of imide groups is 1. The van der Waals surface area contributed by atoms with Crippen molar-refractivity contribution in [3.63, 3.8) is 0 Å². The zero-order valence-electron chi connectivity index (χ0n) is 12.6. The summed E-state index contributed by atoms with van der Waals surface area (Å²) in [7, 11) is 3.24. The largest absolute Gasteiger partial charge is 0.330 e. The summed E-state index contributed by atoms with van der Waals surface area (Å²) in [6.45, 7) is 2.41. The summed E-state index contributed by atoms with van der Waals surface area (Å²) < 4.78 is 1.63. The SMILES string of the molecule is CCCN(C(=O)Cc1cnn(C)c1)C1CC(=O)N(C)C1=O. The molecular formula is C14H20N4O3. The summed E-state index contributed by atoms with van der Waals surface area (Å²) in [5.41, 5.74) is 0.800. The predicted octanol–water partition coefficient (Wildman–Crippen LogP) is -0.0415. The van der Waals surface area contributed by atoms with Gasteiger partial charge in [0, 0.05) is 26.8 Å². The summed E-state index contributed by atoms with van der Waals surface area (Å²) in [4.78, 5) is 38.8. The molecule has 0 radical (unpaired) electrons. The summed E-state index contributed by atoms with van der Waals surface area (Å²) >= 11 is 0. The molecule has 1 aromatic rings. The summed E-state index contributed by atoms with van der Waals surface area (Å²) in [5.74, 6) is -0.681. The number of aromatic nitrogens is 2. The van der Waals surface area contributed by atoms with E-state index in [1.165, 1.54) is 11.9 Å². The second-order valence-corrected chi connectivity index (χ2v) is 5.30. The van der Waals surface area contributed by atoms with Crippen LogP contribution in [0.3, 0.4) is 0 Å². The molecule has 1 aromatic heterocycles. The molecular weight excluding hydrogens is 272 g/mol. The maximum Gasteiger partial charge on any atom is 0.252 e. The number of likely N-dealkylation sites (tertiary alicyclic amines) is 1. The van der Waals surface area contributed by atoms with Gasteiger partial charge in [0.15, 0.2) is 0 Å². The van der Waals surface area contributed by atoms with Gasteiger partial charge < -0.3 is 4.90 Å². The van der Waals surface area contributed by atoms with Crippen molar-refractivity contribution in [3.05, 3.63) is 18.0 Å². The van der Waals surface area contributed by atoms with E-state index in [-0.39, 0.29) is 30.6 Å². The first-order valence-corrected chi connectivity index (χ1v) is 7.01. The highest BCUT2D eigenvalue weighted by atomic mass is 16.2. The van der Waals surface area contributed by atoms with E-state index in [0.717, 1.165) is 16.9 Å². The third-order valence-electron chi connectivity index (χ3n) is 3.63. The van der Waals surface area contributed by atoms with Gasteiger partial charge >= 0.3 is 0 Å². The van der Waals surface area contributed by atoms with E-state index < -0.39 is 6.04 Å². The Morgan fingerprint density at radius 1 is 1.43 bits per heavy atom. The van der Waals surface area contributed by atoms with Gasteiger partial charge in [-0.15, -0.1) is 0 Å². The van der Waals surface area contributed by atoms with E-state index in [1.807, 2.05) is 6.92 Å². The van der Waals surface area contributed by atoms with Crippen LogP contribution in [0, 0.1) is 0 Å². The van der Waals surface area contributed by atoms with Crippen molar-refractivity contribution < 1.29 is 14.4 Å². The van der Waals surface area contributed by atoms with Crippen molar-refractivity contribution in [2.45, 2.75) is 32.2 Å². The van der Waals surface area contributed by atoms with Crippen molar-refractivity contribution in [2.24, 2.45) is 7.05 Å². The van der Waals surface area contributed by atoms with Gasteiger partial charge in [-0.1, -0.05) is 6.92 Å². The molecule has 7 heteroatoms. The molecule has 1 unspecified atom stereocenters. The van der Waals surface area contributed by atoms with Crippen molar-refractivity contribution in [3.8, 4) is 0 Å². The van der Waals surface area contributed by atoms with Crippen LogP contribution >= 0.6 is 0 Å². The van der Waals surface area contributed by atoms with Crippen LogP contribution in [0.1, 0.15) is 25.3 Å². The number of carbonyl (C=O) groups excluding carboxylic acids is 3. The number of hydrogen-bond acceptors (Lipinski definition) is 4. The fourth-order valence-corrected chi connectivity index (χ4v) is 2.51. The van der Waals surface area contributed by atoms with Crippen LogP contribution in [-0.4, -0.2) is 56.9 Å². The smallest absolute Gasteiger partial charge is 0.252 e. The fourth-order valence-electron chi connectivity index (χ4n) is 2.51. The minimum atomic E-state index is -0.661. The minimum absolute atomic E-state index is 0.0775. The van der Waals surface area contributed by atoms with E-state index >= 15 is 0 Å². The zero-order valence-corrected chi connectivity index (χ0v) is 12.6. The molecule has 1 aliphatic rings. The molecule has 2 rings (SSSR count). The Morgan fingerprint density at radius 3 is 2.62 bits per heavy atom.